The fourth-order valence-electron chi connectivity index (χ4n) is 2.43. The first-order valence-corrected chi connectivity index (χ1v) is 7.27. The molecule has 2 heteroatoms. The van der Waals surface area contributed by atoms with Crippen molar-refractivity contribution in [2.24, 2.45) is 5.92 Å². The highest BCUT2D eigenvalue weighted by Gasteiger charge is 2.21. The second-order valence-electron chi connectivity index (χ2n) is 4.75. The van der Waals surface area contributed by atoms with Gasteiger partial charge in [0.1, 0.15) is 0 Å². The largest absolute Gasteiger partial charge is 0.371 e. The molecule has 0 saturated carbocycles. The fraction of sp³-hybridized carbons (Fsp3) is 0.571. The van der Waals surface area contributed by atoms with E-state index in [1.165, 1.54) is 42.7 Å². The predicted molar refractivity (Wildman–Crippen MR) is 74.4 cm³/mol. The van der Waals surface area contributed by atoms with Crippen LogP contribution in [0.3, 0.4) is 0 Å². The number of hydrogen-bond donors (Lipinski definition) is 0. The highest BCUT2D eigenvalue weighted by Crippen LogP contribution is 2.27. The van der Waals surface area contributed by atoms with Gasteiger partial charge in [-0.25, -0.2) is 0 Å². The van der Waals surface area contributed by atoms with Crippen LogP contribution < -0.4 is 4.90 Å². The van der Waals surface area contributed by atoms with Crippen molar-refractivity contribution in [3.8, 4) is 0 Å². The lowest BCUT2D eigenvalue weighted by Gasteiger charge is -2.19. The summed E-state index contributed by atoms with van der Waals surface area (Å²) in [4.78, 5) is 2.53. The average Bonchev–Trinajstić information content (AvgIpc) is 2.77. The molecule has 0 bridgehead atoms. The molecule has 88 valence electrons. The van der Waals surface area contributed by atoms with Gasteiger partial charge in [0.2, 0.25) is 0 Å². The van der Waals surface area contributed by atoms with E-state index in [2.05, 4.69) is 52.9 Å². The summed E-state index contributed by atoms with van der Waals surface area (Å²) in [5.41, 5.74) is 4.20. The van der Waals surface area contributed by atoms with Crippen molar-refractivity contribution in [3.63, 3.8) is 0 Å². The van der Waals surface area contributed by atoms with E-state index >= 15 is 0 Å². The first kappa shape index (κ1) is 12.0. The van der Waals surface area contributed by atoms with Crippen molar-refractivity contribution in [2.75, 3.05) is 18.0 Å². The van der Waals surface area contributed by atoms with Crippen molar-refractivity contribution < 1.29 is 0 Å². The monoisotopic (exact) mass is 281 g/mol. The zero-order valence-corrected chi connectivity index (χ0v) is 11.8. The van der Waals surface area contributed by atoms with Crippen molar-refractivity contribution in [3.05, 3.63) is 29.3 Å². The van der Waals surface area contributed by atoms with Crippen molar-refractivity contribution in [2.45, 2.75) is 32.0 Å². The van der Waals surface area contributed by atoms with Crippen LogP contribution in [0.15, 0.2) is 18.2 Å². The van der Waals surface area contributed by atoms with E-state index in [0.29, 0.717) is 0 Å². The summed E-state index contributed by atoms with van der Waals surface area (Å²) in [6.07, 6.45) is 2.67. The summed E-state index contributed by atoms with van der Waals surface area (Å²) in [6, 6.07) is 6.84. The molecule has 1 aromatic carbocycles. The third-order valence-electron chi connectivity index (χ3n) is 3.70. The third kappa shape index (κ3) is 2.42. The van der Waals surface area contributed by atoms with Crippen LogP contribution in [0, 0.1) is 12.8 Å². The third-order valence-corrected chi connectivity index (χ3v) is 4.30. The first-order chi connectivity index (χ1) is 7.74. The van der Waals surface area contributed by atoms with Crippen LogP contribution >= 0.6 is 15.9 Å². The van der Waals surface area contributed by atoms with E-state index in [9.17, 15) is 0 Å². The molecule has 1 nitrogen and oxygen atoms in total. The van der Waals surface area contributed by atoms with Gasteiger partial charge in [0.15, 0.2) is 0 Å². The molecular weight excluding hydrogens is 262 g/mol. The molecule has 0 N–H and O–H groups in total. The fourth-order valence-corrected chi connectivity index (χ4v) is 3.06. The van der Waals surface area contributed by atoms with Gasteiger partial charge in [-0.05, 0) is 42.5 Å². The summed E-state index contributed by atoms with van der Waals surface area (Å²) in [6.45, 7) is 6.97. The average molecular weight is 282 g/mol. The Labute approximate surface area is 107 Å². The second-order valence-corrected chi connectivity index (χ2v) is 5.31. The number of aryl methyl sites for hydroxylation is 1. The summed E-state index contributed by atoms with van der Waals surface area (Å²) >= 11 is 3.52. The Hall–Kier alpha value is -0.500. The van der Waals surface area contributed by atoms with Crippen LogP contribution in [0.4, 0.5) is 5.69 Å². The molecule has 1 heterocycles. The SMILES string of the molecule is CCC1CCN(c2ccc(CBr)c(C)c2)C1. The minimum Gasteiger partial charge on any atom is -0.371 e. The van der Waals surface area contributed by atoms with E-state index in [1.807, 2.05) is 0 Å². The molecular formula is C14H20BrN. The Morgan fingerprint density at radius 2 is 2.25 bits per heavy atom. The lowest BCUT2D eigenvalue weighted by Crippen LogP contribution is -2.19. The van der Waals surface area contributed by atoms with E-state index in [0.717, 1.165) is 11.2 Å². The summed E-state index contributed by atoms with van der Waals surface area (Å²) in [7, 11) is 0. The molecule has 2 rings (SSSR count). The molecule has 1 aliphatic heterocycles. The highest BCUT2D eigenvalue weighted by molar-refractivity contribution is 9.08. The van der Waals surface area contributed by atoms with Gasteiger partial charge in [0.05, 0.1) is 0 Å². The second kappa shape index (κ2) is 5.22. The quantitative estimate of drug-likeness (QED) is 0.754. The summed E-state index contributed by atoms with van der Waals surface area (Å²) < 4.78 is 0. The van der Waals surface area contributed by atoms with Gasteiger partial charge in [-0.2, -0.15) is 0 Å². The molecule has 1 aromatic rings. The molecule has 0 radical (unpaired) electrons. The topological polar surface area (TPSA) is 3.24 Å². The minimum atomic E-state index is 0.899. The van der Waals surface area contributed by atoms with Crippen LogP contribution in [0.2, 0.25) is 0 Å². The molecule has 0 aromatic heterocycles. The maximum Gasteiger partial charge on any atom is 0.0369 e. The molecule has 1 atom stereocenters. The number of benzene rings is 1. The Morgan fingerprint density at radius 3 is 2.81 bits per heavy atom. The Bertz CT molecular complexity index is 362. The van der Waals surface area contributed by atoms with Crippen LogP contribution in [-0.2, 0) is 5.33 Å². The minimum absolute atomic E-state index is 0.899. The molecule has 1 fully saturated rings. The number of rotatable bonds is 3. The number of anilines is 1. The highest BCUT2D eigenvalue weighted by atomic mass is 79.9. The van der Waals surface area contributed by atoms with Crippen LogP contribution in [0.1, 0.15) is 30.9 Å². The molecule has 0 amide bonds. The molecule has 0 aliphatic carbocycles. The summed E-state index contributed by atoms with van der Waals surface area (Å²) in [5.74, 6) is 0.899. The van der Waals surface area contributed by atoms with Crippen molar-refractivity contribution >= 4 is 21.6 Å². The molecule has 0 spiro atoms. The van der Waals surface area contributed by atoms with Crippen molar-refractivity contribution in [1.82, 2.24) is 0 Å². The van der Waals surface area contributed by atoms with Crippen LogP contribution in [0.5, 0.6) is 0 Å². The Morgan fingerprint density at radius 1 is 1.44 bits per heavy atom. The van der Waals surface area contributed by atoms with E-state index in [1.54, 1.807) is 0 Å². The Balaban J connectivity index is 2.13. The number of nitrogens with zero attached hydrogens (tertiary/aromatic N) is 1. The van der Waals surface area contributed by atoms with E-state index < -0.39 is 0 Å². The van der Waals surface area contributed by atoms with Gasteiger partial charge < -0.3 is 4.90 Å². The normalized spacial score (nSPS) is 20.4. The van der Waals surface area contributed by atoms with Crippen molar-refractivity contribution in [1.29, 1.82) is 0 Å². The van der Waals surface area contributed by atoms with Crippen LogP contribution in [-0.4, -0.2) is 13.1 Å². The van der Waals surface area contributed by atoms with E-state index in [4.69, 9.17) is 0 Å². The molecule has 16 heavy (non-hydrogen) atoms. The summed E-state index contributed by atoms with van der Waals surface area (Å²) in [5, 5.41) is 0.955. The van der Waals surface area contributed by atoms with Gasteiger partial charge in [-0.3, -0.25) is 0 Å². The first-order valence-electron chi connectivity index (χ1n) is 6.15. The molecule has 1 saturated heterocycles. The molecule has 1 unspecified atom stereocenters. The lowest BCUT2D eigenvalue weighted by molar-refractivity contribution is 0.569. The maximum absolute atomic E-state index is 3.52. The van der Waals surface area contributed by atoms with Gasteiger partial charge in [-0.15, -0.1) is 0 Å². The van der Waals surface area contributed by atoms with Crippen LogP contribution in [0.25, 0.3) is 0 Å². The zero-order valence-electron chi connectivity index (χ0n) is 10.2. The van der Waals surface area contributed by atoms with E-state index in [-0.39, 0.29) is 0 Å². The molecule has 1 aliphatic rings. The van der Waals surface area contributed by atoms with Gasteiger partial charge in [0, 0.05) is 24.1 Å². The van der Waals surface area contributed by atoms with Gasteiger partial charge in [0.25, 0.3) is 0 Å². The van der Waals surface area contributed by atoms with Gasteiger partial charge >= 0.3 is 0 Å². The lowest BCUT2D eigenvalue weighted by atomic mass is 10.1. The Kier molecular flexibility index (Phi) is 3.91. The zero-order chi connectivity index (χ0) is 11.5. The maximum atomic E-state index is 3.52. The van der Waals surface area contributed by atoms with Gasteiger partial charge in [-0.1, -0.05) is 35.3 Å². The number of halogens is 1. The number of hydrogen-bond acceptors (Lipinski definition) is 1. The number of alkyl halides is 1. The predicted octanol–water partition coefficient (Wildman–Crippen LogP) is 4.13. The smallest absolute Gasteiger partial charge is 0.0369 e. The standard InChI is InChI=1S/C14H20BrN/c1-3-12-6-7-16(10-12)14-5-4-13(9-15)11(2)8-14/h4-5,8,12H,3,6-7,9-10H2,1-2H3.